The molecule has 0 spiro atoms. The summed E-state index contributed by atoms with van der Waals surface area (Å²) in [6, 6.07) is 121. The van der Waals surface area contributed by atoms with Gasteiger partial charge in [0.15, 0.2) is 0 Å². The molecule has 2 aliphatic rings. The molecule has 0 atom stereocenters. The number of rotatable bonds is 10. The van der Waals surface area contributed by atoms with Gasteiger partial charge in [-0.2, -0.15) is 0 Å². The second-order valence-electron chi connectivity index (χ2n) is 24.0. The Morgan fingerprint density at radius 1 is 0.261 bits per heavy atom. The fraction of sp³-hybridized carbons (Fsp3) is 0. The number of nitrogens with zero attached hydrogens (tertiary/aromatic N) is 6. The number of anilines is 9. The number of ether oxygens (including phenoxy) is 1. The minimum Gasteiger partial charge on any atom is -0.458 e. The van der Waals surface area contributed by atoms with E-state index in [0.29, 0.717) is 0 Å². The predicted molar refractivity (Wildman–Crippen MR) is 385 cm³/mol. The van der Waals surface area contributed by atoms with Gasteiger partial charge in [-0.3, -0.25) is 0 Å². The van der Waals surface area contributed by atoms with Crippen molar-refractivity contribution in [3.05, 3.63) is 334 Å². The van der Waals surface area contributed by atoms with Crippen LogP contribution in [0.25, 0.3) is 82.5 Å². The summed E-state index contributed by atoms with van der Waals surface area (Å²) in [5.41, 5.74) is 22.9. The minimum absolute atomic E-state index is 0.213. The lowest BCUT2D eigenvalue weighted by Crippen LogP contribution is -2.59. The molecule has 14 aromatic carbocycles. The second-order valence-corrected chi connectivity index (χ2v) is 24.0. The van der Waals surface area contributed by atoms with Gasteiger partial charge in [-0.25, -0.2) is 0 Å². The van der Waals surface area contributed by atoms with E-state index in [9.17, 15) is 0 Å². The van der Waals surface area contributed by atoms with Crippen molar-refractivity contribution in [1.29, 1.82) is 0 Å². The van der Waals surface area contributed by atoms with E-state index in [1.807, 2.05) is 0 Å². The summed E-state index contributed by atoms with van der Waals surface area (Å²) in [5.74, 6) is 1.62. The molecule has 0 radical (unpaired) electrons. The highest BCUT2D eigenvalue weighted by Crippen LogP contribution is 2.52. The molecule has 430 valence electrons. The van der Waals surface area contributed by atoms with Crippen LogP contribution in [0.3, 0.4) is 0 Å². The van der Waals surface area contributed by atoms with Crippen molar-refractivity contribution in [1.82, 2.24) is 13.7 Å². The SMILES string of the molecule is c1ccc(N(c2ccccc2)c2ccc3c(c2)Oc2cc(N(c4ccccc4)c4ccccc4)cc4c2B3c2ccc(-n3c5ccccc5c5c6c(c7ccccc7n6-c6ccccc6)c6c(c7ccccc7n6-c6ccccc6)c53)cc2N4c2ccccc2)cc1. The van der Waals surface area contributed by atoms with E-state index < -0.39 is 0 Å². The number of aromatic nitrogens is 3. The molecule has 5 heterocycles. The molecular formula is C84H55BN6O. The average molecular weight is 1180 g/mol. The van der Waals surface area contributed by atoms with Gasteiger partial charge in [0.1, 0.15) is 11.5 Å². The van der Waals surface area contributed by atoms with E-state index in [1.165, 1.54) is 48.8 Å². The number of fused-ring (bicyclic) bond motifs is 16. The first kappa shape index (κ1) is 51.8. The Morgan fingerprint density at radius 3 is 1.09 bits per heavy atom. The highest BCUT2D eigenvalue weighted by Gasteiger charge is 2.43. The van der Waals surface area contributed by atoms with Gasteiger partial charge in [0, 0.05) is 107 Å². The number of benzene rings is 14. The molecule has 0 unspecified atom stereocenters. The van der Waals surface area contributed by atoms with E-state index >= 15 is 0 Å². The maximum absolute atomic E-state index is 7.55. The zero-order valence-corrected chi connectivity index (χ0v) is 49.9. The van der Waals surface area contributed by atoms with E-state index in [-0.39, 0.29) is 6.71 Å². The molecule has 0 N–H and O–H groups in total. The van der Waals surface area contributed by atoms with E-state index in [1.54, 1.807) is 0 Å². The highest BCUT2D eigenvalue weighted by molar-refractivity contribution is 6.99. The van der Waals surface area contributed by atoms with Gasteiger partial charge >= 0.3 is 0 Å². The molecule has 0 fully saturated rings. The molecule has 0 aliphatic carbocycles. The quantitative estimate of drug-likeness (QED) is 0.128. The Kier molecular flexibility index (Phi) is 11.6. The van der Waals surface area contributed by atoms with Gasteiger partial charge in [0.05, 0.1) is 38.8 Å². The fourth-order valence-electron chi connectivity index (χ4n) is 15.3. The zero-order chi connectivity index (χ0) is 60.4. The largest absolute Gasteiger partial charge is 0.458 e. The lowest BCUT2D eigenvalue weighted by Gasteiger charge is -2.41. The van der Waals surface area contributed by atoms with Gasteiger partial charge in [-0.15, -0.1) is 0 Å². The molecule has 7 nitrogen and oxygen atoms in total. The summed E-state index contributed by atoms with van der Waals surface area (Å²) in [7, 11) is 0. The van der Waals surface area contributed by atoms with Crippen molar-refractivity contribution >= 4 is 140 Å². The van der Waals surface area contributed by atoms with Crippen molar-refractivity contribution < 1.29 is 4.74 Å². The van der Waals surface area contributed by atoms with Crippen LogP contribution in [0.1, 0.15) is 0 Å². The van der Waals surface area contributed by atoms with Gasteiger partial charge in [0.2, 0.25) is 0 Å². The highest BCUT2D eigenvalue weighted by atomic mass is 16.5. The lowest BCUT2D eigenvalue weighted by atomic mass is 9.34. The van der Waals surface area contributed by atoms with E-state index in [4.69, 9.17) is 4.74 Å². The van der Waals surface area contributed by atoms with Gasteiger partial charge in [-0.1, -0.05) is 194 Å². The predicted octanol–water partition coefficient (Wildman–Crippen LogP) is 20.3. The molecule has 2 aliphatic heterocycles. The minimum atomic E-state index is -0.213. The monoisotopic (exact) mass is 1170 g/mol. The van der Waals surface area contributed by atoms with Crippen LogP contribution >= 0.6 is 0 Å². The van der Waals surface area contributed by atoms with Gasteiger partial charge < -0.3 is 33.1 Å². The Balaban J connectivity index is 0.934. The number of hydrogen-bond donors (Lipinski definition) is 0. The van der Waals surface area contributed by atoms with Crippen LogP contribution in [0, 0.1) is 0 Å². The van der Waals surface area contributed by atoms with Gasteiger partial charge in [0.25, 0.3) is 6.71 Å². The van der Waals surface area contributed by atoms with Crippen LogP contribution < -0.4 is 35.8 Å². The molecule has 19 rings (SSSR count). The maximum Gasteiger partial charge on any atom is 0.256 e. The summed E-state index contributed by atoms with van der Waals surface area (Å²) in [5, 5.41) is 7.19. The Labute approximate surface area is 532 Å². The normalized spacial score (nSPS) is 12.4. The third kappa shape index (κ3) is 7.77. The smallest absolute Gasteiger partial charge is 0.256 e. The first-order valence-electron chi connectivity index (χ1n) is 31.5. The fourth-order valence-corrected chi connectivity index (χ4v) is 15.3. The van der Waals surface area contributed by atoms with Crippen LogP contribution in [-0.2, 0) is 0 Å². The molecule has 3 aromatic heterocycles. The van der Waals surface area contributed by atoms with Crippen LogP contribution in [0.15, 0.2) is 334 Å². The Bertz CT molecular complexity index is 5590. The molecule has 0 bridgehead atoms. The second kappa shape index (κ2) is 20.7. The van der Waals surface area contributed by atoms with E-state index in [0.717, 1.165) is 113 Å². The van der Waals surface area contributed by atoms with Crippen molar-refractivity contribution in [2.75, 3.05) is 14.7 Å². The molecule has 17 aromatic rings. The van der Waals surface area contributed by atoms with Gasteiger partial charge in [-0.05, 0) is 144 Å². The molecule has 92 heavy (non-hydrogen) atoms. The van der Waals surface area contributed by atoms with Crippen molar-refractivity contribution in [3.63, 3.8) is 0 Å². The van der Waals surface area contributed by atoms with Crippen LogP contribution in [-0.4, -0.2) is 20.4 Å². The summed E-state index contributed by atoms with van der Waals surface area (Å²) in [4.78, 5) is 7.17. The molecule has 0 amide bonds. The summed E-state index contributed by atoms with van der Waals surface area (Å²) in [6.45, 7) is -0.213. The van der Waals surface area contributed by atoms with Crippen LogP contribution in [0.4, 0.5) is 51.2 Å². The first-order chi connectivity index (χ1) is 45.7. The zero-order valence-electron chi connectivity index (χ0n) is 49.9. The first-order valence-corrected chi connectivity index (χ1v) is 31.5. The van der Waals surface area contributed by atoms with Crippen molar-refractivity contribution in [2.24, 2.45) is 0 Å². The van der Waals surface area contributed by atoms with Crippen LogP contribution in [0.2, 0.25) is 0 Å². The van der Waals surface area contributed by atoms with E-state index in [2.05, 4.69) is 362 Å². The molecule has 0 saturated carbocycles. The maximum atomic E-state index is 7.55. The van der Waals surface area contributed by atoms with Crippen molar-refractivity contribution in [3.8, 4) is 28.6 Å². The number of hydrogen-bond acceptors (Lipinski definition) is 4. The van der Waals surface area contributed by atoms with Crippen molar-refractivity contribution in [2.45, 2.75) is 0 Å². The Morgan fingerprint density at radius 2 is 0.630 bits per heavy atom. The topological polar surface area (TPSA) is 33.7 Å². The molecular weight excluding hydrogens is 1120 g/mol. The standard InChI is InChI=1S/C84H55BN6O/c1-8-28-56(29-9-1)86(57-30-10-2-11-31-57)64-49-51-70-76(54-64)92-77-55-65(87(58-32-12-3-13-33-58)59-34-14-4-15-35-59)53-75-81(77)85(70)69-50-48-63(52-74(69)88(75)60-36-16-5-17-37-60)91-73-47-27-24-44-68(73)80-83-78(66-42-22-25-45-71(66)89(83)61-38-18-6-19-39-61)82-79(84(80)91)67-43-23-26-46-72(67)90(82)62-40-20-7-21-41-62/h1-55H. The Hall–Kier alpha value is -12.3. The lowest BCUT2D eigenvalue weighted by molar-refractivity contribution is 0.488. The average Bonchev–Trinajstić information content (AvgIpc) is 1.47. The van der Waals surface area contributed by atoms with Crippen LogP contribution in [0.5, 0.6) is 11.5 Å². The molecule has 8 heteroatoms. The third-order valence-electron chi connectivity index (χ3n) is 18.9. The third-order valence-corrected chi connectivity index (χ3v) is 18.9. The number of para-hydroxylation sites is 10. The summed E-state index contributed by atoms with van der Waals surface area (Å²) >= 11 is 0. The summed E-state index contributed by atoms with van der Waals surface area (Å²) in [6.07, 6.45) is 0. The molecule has 0 saturated heterocycles. The summed E-state index contributed by atoms with van der Waals surface area (Å²) < 4.78 is 15.2.